The van der Waals surface area contributed by atoms with E-state index in [4.69, 9.17) is 0 Å². The molecule has 2 aliphatic carbocycles. The summed E-state index contributed by atoms with van der Waals surface area (Å²) in [6, 6.07) is 4.74. The molecule has 3 rings (SSSR count). The summed E-state index contributed by atoms with van der Waals surface area (Å²) >= 11 is 0. The molecule has 2 aliphatic rings. The van der Waals surface area contributed by atoms with E-state index in [-0.39, 0.29) is 46.2 Å². The van der Waals surface area contributed by atoms with Crippen molar-refractivity contribution in [3.05, 3.63) is 29.3 Å². The van der Waals surface area contributed by atoms with Crippen LogP contribution in [0.15, 0.2) is 18.2 Å². The minimum absolute atomic E-state index is 0.0155. The zero-order valence-corrected chi connectivity index (χ0v) is 19.3. The lowest BCUT2D eigenvalue weighted by molar-refractivity contribution is -0.0886. The maximum absolute atomic E-state index is 13.8. The first-order valence-electron chi connectivity index (χ1n) is 10.6. The minimum Gasteiger partial charge on any atom is -0.508 e. The topological polar surface area (TPSA) is 83.5 Å². The van der Waals surface area contributed by atoms with Gasteiger partial charge in [-0.05, 0) is 72.6 Å². The highest BCUT2D eigenvalue weighted by molar-refractivity contribution is 7.88. The van der Waals surface area contributed by atoms with Gasteiger partial charge in [0, 0.05) is 17.5 Å². The van der Waals surface area contributed by atoms with E-state index in [0.717, 1.165) is 31.2 Å². The largest absolute Gasteiger partial charge is 0.508 e. The quantitative estimate of drug-likeness (QED) is 0.711. The molecule has 1 aromatic rings. The summed E-state index contributed by atoms with van der Waals surface area (Å²) in [6.45, 7) is 10.6. The highest BCUT2D eigenvalue weighted by Gasteiger charge is 2.58. The first kappa shape index (κ1) is 22.3. The van der Waals surface area contributed by atoms with E-state index in [9.17, 15) is 18.3 Å². The Hall–Kier alpha value is -1.40. The van der Waals surface area contributed by atoms with Crippen LogP contribution in [0.4, 0.5) is 0 Å². The number of carbonyl (C=O) groups excluding carboxylic acids is 1. The van der Waals surface area contributed by atoms with E-state index in [0.29, 0.717) is 5.56 Å². The Labute approximate surface area is 175 Å². The number of carbonyl (C=O) groups is 1. The smallest absolute Gasteiger partial charge is 0.208 e. The van der Waals surface area contributed by atoms with Crippen molar-refractivity contribution >= 4 is 15.8 Å². The molecule has 2 saturated carbocycles. The van der Waals surface area contributed by atoms with Gasteiger partial charge < -0.3 is 5.11 Å². The number of hydrogen-bond donors (Lipinski definition) is 2. The third-order valence-corrected chi connectivity index (χ3v) is 8.36. The van der Waals surface area contributed by atoms with Crippen LogP contribution in [0.3, 0.4) is 0 Å². The van der Waals surface area contributed by atoms with Crippen molar-refractivity contribution in [3.63, 3.8) is 0 Å². The average molecular weight is 422 g/mol. The molecule has 0 unspecified atom stereocenters. The van der Waals surface area contributed by atoms with Crippen molar-refractivity contribution in [2.24, 2.45) is 28.6 Å². The fourth-order valence-corrected chi connectivity index (χ4v) is 7.34. The molecular weight excluding hydrogens is 386 g/mol. The SMILES string of the molecule is Cc1cc(O)cc(C(=O)[C@H]2[C@@H](C)[C@H](NS(C)(=O)=O)C[C@H]3C(C)(C)CCC[C@]23C)c1. The number of nitrogens with one attached hydrogen (secondary N) is 1. The van der Waals surface area contributed by atoms with Gasteiger partial charge in [-0.25, -0.2) is 13.1 Å². The lowest BCUT2D eigenvalue weighted by Gasteiger charge is -2.60. The molecule has 162 valence electrons. The van der Waals surface area contributed by atoms with Crippen LogP contribution >= 0.6 is 0 Å². The van der Waals surface area contributed by atoms with Gasteiger partial charge in [0.05, 0.1) is 6.26 Å². The molecule has 0 saturated heterocycles. The number of aryl methyl sites for hydroxylation is 1. The van der Waals surface area contributed by atoms with E-state index in [2.05, 4.69) is 25.5 Å². The molecule has 2 fully saturated rings. The Morgan fingerprint density at radius 1 is 1.17 bits per heavy atom. The minimum atomic E-state index is -3.38. The molecule has 0 amide bonds. The third kappa shape index (κ3) is 4.24. The number of fused-ring (bicyclic) bond motifs is 1. The van der Waals surface area contributed by atoms with Gasteiger partial charge in [-0.1, -0.05) is 34.1 Å². The second kappa shape index (κ2) is 7.38. The number of sulfonamides is 1. The second-order valence-corrected chi connectivity index (χ2v) is 12.2. The van der Waals surface area contributed by atoms with Gasteiger partial charge in [-0.3, -0.25) is 4.79 Å². The van der Waals surface area contributed by atoms with Crippen molar-refractivity contribution in [2.45, 2.75) is 66.3 Å². The van der Waals surface area contributed by atoms with Crippen molar-refractivity contribution in [2.75, 3.05) is 6.26 Å². The number of phenolic OH excluding ortho intramolecular Hbond substituents is 1. The number of phenols is 1. The summed E-state index contributed by atoms with van der Waals surface area (Å²) in [7, 11) is -3.38. The number of benzene rings is 1. The predicted octanol–water partition coefficient (Wildman–Crippen LogP) is 4.29. The van der Waals surface area contributed by atoms with Gasteiger partial charge in [0.15, 0.2) is 5.78 Å². The zero-order valence-electron chi connectivity index (χ0n) is 18.5. The molecule has 0 aliphatic heterocycles. The van der Waals surface area contributed by atoms with Gasteiger partial charge in [0.25, 0.3) is 0 Å². The lowest BCUT2D eigenvalue weighted by atomic mass is 9.45. The zero-order chi connectivity index (χ0) is 21.8. The Bertz CT molecular complexity index is 887. The molecular formula is C23H35NO4S. The lowest BCUT2D eigenvalue weighted by Crippen LogP contribution is -2.60. The standard InChI is InChI=1S/C23H35NO4S/c1-14-10-16(12-17(25)11-14)21(26)20-15(2)18(24-29(6,27)28)13-19-22(3,4)8-7-9-23(19,20)5/h10-12,15,18-20,24-25H,7-9,13H2,1-6H3/t15-,18+,19-,20+,23-/m0/s1. The van der Waals surface area contributed by atoms with Gasteiger partial charge >= 0.3 is 0 Å². The summed E-state index contributed by atoms with van der Waals surface area (Å²) in [5, 5.41) is 10.0. The molecule has 5 nitrogen and oxygen atoms in total. The maximum atomic E-state index is 13.8. The predicted molar refractivity (Wildman–Crippen MR) is 115 cm³/mol. The second-order valence-electron chi connectivity index (χ2n) is 10.4. The van der Waals surface area contributed by atoms with Crippen molar-refractivity contribution in [3.8, 4) is 5.75 Å². The Balaban J connectivity index is 2.10. The summed E-state index contributed by atoms with van der Waals surface area (Å²) in [5.41, 5.74) is 1.20. The molecule has 0 radical (unpaired) electrons. The van der Waals surface area contributed by atoms with Crippen LogP contribution in [0.25, 0.3) is 0 Å². The molecule has 0 heterocycles. The molecule has 0 bridgehead atoms. The van der Waals surface area contributed by atoms with Gasteiger partial charge in [-0.15, -0.1) is 0 Å². The molecule has 0 aromatic heterocycles. The molecule has 5 atom stereocenters. The number of hydrogen-bond acceptors (Lipinski definition) is 4. The van der Waals surface area contributed by atoms with Crippen LogP contribution in [0.5, 0.6) is 5.75 Å². The van der Waals surface area contributed by atoms with Crippen molar-refractivity contribution < 1.29 is 18.3 Å². The van der Waals surface area contributed by atoms with Crippen molar-refractivity contribution in [1.29, 1.82) is 0 Å². The third-order valence-electron chi connectivity index (χ3n) is 7.63. The summed E-state index contributed by atoms with van der Waals surface area (Å²) < 4.78 is 26.9. The summed E-state index contributed by atoms with van der Waals surface area (Å²) in [5.74, 6) is -0.0853. The Morgan fingerprint density at radius 3 is 2.41 bits per heavy atom. The molecule has 29 heavy (non-hydrogen) atoms. The highest BCUT2D eigenvalue weighted by Crippen LogP contribution is 2.61. The highest BCUT2D eigenvalue weighted by atomic mass is 32.2. The number of ketones is 1. The van der Waals surface area contributed by atoms with Crippen LogP contribution in [0.2, 0.25) is 0 Å². The maximum Gasteiger partial charge on any atom is 0.208 e. The molecule has 1 aromatic carbocycles. The summed E-state index contributed by atoms with van der Waals surface area (Å²) in [6.07, 6.45) is 5.06. The van der Waals surface area contributed by atoms with E-state index in [1.807, 2.05) is 19.9 Å². The van der Waals surface area contributed by atoms with E-state index < -0.39 is 10.0 Å². The Kier molecular flexibility index (Phi) is 5.67. The first-order chi connectivity index (χ1) is 13.2. The summed E-state index contributed by atoms with van der Waals surface area (Å²) in [4.78, 5) is 13.8. The number of Topliss-reactive ketones (excluding diaryl/α,β-unsaturated/α-hetero) is 1. The fourth-order valence-electron chi connectivity index (χ4n) is 6.48. The fraction of sp³-hybridized carbons (Fsp3) is 0.696. The van der Waals surface area contributed by atoms with Crippen LogP contribution < -0.4 is 4.72 Å². The molecule has 6 heteroatoms. The van der Waals surface area contributed by atoms with Crippen LogP contribution in [-0.4, -0.2) is 31.6 Å². The molecule has 0 spiro atoms. The average Bonchev–Trinajstić information content (AvgIpc) is 2.54. The first-order valence-corrected chi connectivity index (χ1v) is 12.5. The van der Waals surface area contributed by atoms with Crippen LogP contribution in [-0.2, 0) is 10.0 Å². The normalized spacial score (nSPS) is 34.4. The number of aromatic hydroxyl groups is 1. The van der Waals surface area contributed by atoms with Crippen molar-refractivity contribution in [1.82, 2.24) is 4.72 Å². The van der Waals surface area contributed by atoms with Gasteiger partial charge in [-0.2, -0.15) is 0 Å². The van der Waals surface area contributed by atoms with Crippen LogP contribution in [0, 0.1) is 35.5 Å². The monoisotopic (exact) mass is 421 g/mol. The van der Waals surface area contributed by atoms with Gasteiger partial charge in [0.1, 0.15) is 5.75 Å². The molecule has 2 N–H and O–H groups in total. The van der Waals surface area contributed by atoms with E-state index in [1.54, 1.807) is 12.1 Å². The van der Waals surface area contributed by atoms with E-state index >= 15 is 0 Å². The Morgan fingerprint density at radius 2 is 1.83 bits per heavy atom. The van der Waals surface area contributed by atoms with Gasteiger partial charge in [0.2, 0.25) is 10.0 Å². The van der Waals surface area contributed by atoms with Crippen LogP contribution in [0.1, 0.15) is 69.3 Å². The number of rotatable bonds is 4. The van der Waals surface area contributed by atoms with E-state index in [1.165, 1.54) is 6.26 Å².